The number of pyridine rings is 1. The average molecular weight is 505 g/mol. The number of nitrogens with zero attached hydrogens (tertiary/aromatic N) is 1. The summed E-state index contributed by atoms with van der Waals surface area (Å²) in [5.74, 6) is -1.05. The molecule has 4 rings (SSSR count). The van der Waals surface area contributed by atoms with Crippen LogP contribution in [0.25, 0.3) is 0 Å². The average Bonchev–Trinajstić information content (AvgIpc) is 3.25. The Balaban J connectivity index is 1.42. The fraction of sp³-hybridized carbons (Fsp3) is 0.500. The molecule has 2 fully saturated rings. The van der Waals surface area contributed by atoms with Gasteiger partial charge in [0.1, 0.15) is 6.04 Å². The summed E-state index contributed by atoms with van der Waals surface area (Å²) < 4.78 is 0. The highest BCUT2D eigenvalue weighted by molar-refractivity contribution is 7.14. The van der Waals surface area contributed by atoms with Gasteiger partial charge in [-0.15, -0.1) is 11.3 Å². The fourth-order valence-electron chi connectivity index (χ4n) is 4.30. The van der Waals surface area contributed by atoms with Gasteiger partial charge in [0.05, 0.1) is 21.6 Å². The molecule has 2 aliphatic rings. The van der Waals surface area contributed by atoms with Gasteiger partial charge in [0.25, 0.3) is 5.91 Å². The molecule has 0 bridgehead atoms. The van der Waals surface area contributed by atoms with Gasteiger partial charge in [-0.2, -0.15) is 0 Å². The van der Waals surface area contributed by atoms with Crippen LogP contribution < -0.4 is 16.0 Å². The molecule has 0 radical (unpaired) electrons. The van der Waals surface area contributed by atoms with Crippen molar-refractivity contribution < 1.29 is 19.5 Å². The van der Waals surface area contributed by atoms with Crippen molar-refractivity contribution in [2.45, 2.75) is 70.0 Å². The quantitative estimate of drug-likeness (QED) is 0.374. The number of anilines is 1. The summed E-state index contributed by atoms with van der Waals surface area (Å²) in [4.78, 5) is 42.5. The number of rotatable bonds is 10. The van der Waals surface area contributed by atoms with E-state index in [0.29, 0.717) is 27.9 Å². The third kappa shape index (κ3) is 6.27. The van der Waals surface area contributed by atoms with Crippen molar-refractivity contribution in [2.75, 3.05) is 5.32 Å². The zero-order valence-electron chi connectivity index (χ0n) is 19.0. The third-order valence-electron chi connectivity index (χ3n) is 6.30. The summed E-state index contributed by atoms with van der Waals surface area (Å²) >= 11 is 7.29. The van der Waals surface area contributed by atoms with E-state index < -0.39 is 12.0 Å². The molecule has 34 heavy (non-hydrogen) atoms. The molecule has 10 heteroatoms. The van der Waals surface area contributed by atoms with Crippen LogP contribution in [0.4, 0.5) is 5.69 Å². The molecule has 0 spiro atoms. The monoisotopic (exact) mass is 504 g/mol. The molecule has 2 atom stereocenters. The van der Waals surface area contributed by atoms with Crippen molar-refractivity contribution >= 4 is 46.4 Å². The van der Waals surface area contributed by atoms with Gasteiger partial charge in [-0.05, 0) is 50.3 Å². The van der Waals surface area contributed by atoms with E-state index in [-0.39, 0.29) is 29.6 Å². The molecule has 0 saturated heterocycles. The predicted molar refractivity (Wildman–Crippen MR) is 132 cm³/mol. The molecule has 0 unspecified atom stereocenters. The zero-order valence-corrected chi connectivity index (χ0v) is 20.5. The number of hydrogen-bond acceptors (Lipinski definition) is 6. The van der Waals surface area contributed by atoms with Crippen molar-refractivity contribution in [1.82, 2.24) is 15.6 Å². The lowest BCUT2D eigenvalue weighted by atomic mass is 9.97. The second-order valence-corrected chi connectivity index (χ2v) is 10.7. The lowest BCUT2D eigenvalue weighted by Crippen LogP contribution is -2.48. The maximum Gasteiger partial charge on any atom is 0.356 e. The van der Waals surface area contributed by atoms with Crippen LogP contribution >= 0.6 is 22.9 Å². The van der Waals surface area contributed by atoms with Crippen molar-refractivity contribution in [3.8, 4) is 0 Å². The van der Waals surface area contributed by atoms with Gasteiger partial charge in [-0.25, -0.2) is 9.78 Å². The number of hydrogen-bond donors (Lipinski definition) is 4. The SMILES string of the molecule is C[C@@H](Nc1cc(Cl)cnc1C(=O)O)c1ccc(C(=O)N[C@@H](CC2CCCC2)C(=O)NC2CC2)s1. The molecule has 2 aliphatic carbocycles. The summed E-state index contributed by atoms with van der Waals surface area (Å²) in [7, 11) is 0. The standard InChI is InChI=1S/C24H29ClN4O4S/c1-13(27-17-11-15(25)12-26-21(17)24(32)33)19-8-9-20(34-19)23(31)29-18(10-14-4-2-3-5-14)22(30)28-16-6-7-16/h8-9,11-14,16,18,27H,2-7,10H2,1H3,(H,28,30)(H,29,31)(H,32,33)/t13-,18+/m1/s1. The normalized spacial score (nSPS) is 17.7. The van der Waals surface area contributed by atoms with Gasteiger partial charge in [-0.3, -0.25) is 9.59 Å². The van der Waals surface area contributed by atoms with Gasteiger partial charge in [0, 0.05) is 17.1 Å². The van der Waals surface area contributed by atoms with Crippen LogP contribution in [0.2, 0.25) is 5.02 Å². The highest BCUT2D eigenvalue weighted by Gasteiger charge is 2.31. The van der Waals surface area contributed by atoms with Gasteiger partial charge >= 0.3 is 5.97 Å². The molecule has 182 valence electrons. The topological polar surface area (TPSA) is 120 Å². The molecule has 2 heterocycles. The Morgan fingerprint density at radius 2 is 1.94 bits per heavy atom. The molecule has 2 amide bonds. The Morgan fingerprint density at radius 1 is 1.21 bits per heavy atom. The Hall–Kier alpha value is -2.65. The molecule has 2 aromatic rings. The molecule has 2 aromatic heterocycles. The number of amides is 2. The maximum absolute atomic E-state index is 13.0. The predicted octanol–water partition coefficient (Wildman–Crippen LogP) is 4.63. The Morgan fingerprint density at radius 3 is 2.62 bits per heavy atom. The summed E-state index contributed by atoms with van der Waals surface area (Å²) in [6, 6.07) is 4.50. The first-order valence-electron chi connectivity index (χ1n) is 11.7. The van der Waals surface area contributed by atoms with E-state index in [4.69, 9.17) is 11.6 Å². The number of carboxylic acids is 1. The molecule has 8 nitrogen and oxygen atoms in total. The first kappa shape index (κ1) is 24.5. The van der Waals surface area contributed by atoms with Gasteiger partial charge < -0.3 is 21.1 Å². The second-order valence-electron chi connectivity index (χ2n) is 9.12. The van der Waals surface area contributed by atoms with Crippen LogP contribution in [-0.2, 0) is 4.79 Å². The molecule has 0 aromatic carbocycles. The minimum atomic E-state index is -1.16. The van der Waals surface area contributed by atoms with Gasteiger partial charge in [0.15, 0.2) is 5.69 Å². The summed E-state index contributed by atoms with van der Waals surface area (Å²) in [5.41, 5.74) is 0.183. The highest BCUT2D eigenvalue weighted by atomic mass is 35.5. The maximum atomic E-state index is 13.0. The number of nitrogens with one attached hydrogen (secondary N) is 3. The largest absolute Gasteiger partial charge is 0.476 e. The lowest BCUT2D eigenvalue weighted by molar-refractivity contribution is -0.123. The van der Waals surface area contributed by atoms with Crippen LogP contribution in [0.5, 0.6) is 0 Å². The van der Waals surface area contributed by atoms with Crippen molar-refractivity contribution in [3.05, 3.63) is 44.9 Å². The van der Waals surface area contributed by atoms with Crippen LogP contribution in [0.15, 0.2) is 24.4 Å². The van der Waals surface area contributed by atoms with Crippen LogP contribution in [0, 0.1) is 5.92 Å². The molecule has 4 N–H and O–H groups in total. The lowest BCUT2D eigenvalue weighted by Gasteiger charge is -2.21. The number of aromatic nitrogens is 1. The van der Waals surface area contributed by atoms with Crippen molar-refractivity contribution in [3.63, 3.8) is 0 Å². The van der Waals surface area contributed by atoms with E-state index in [1.807, 2.05) is 13.0 Å². The Kier molecular flexibility index (Phi) is 7.73. The summed E-state index contributed by atoms with van der Waals surface area (Å²) in [6.45, 7) is 1.87. The molecule has 2 saturated carbocycles. The van der Waals surface area contributed by atoms with E-state index in [2.05, 4.69) is 20.9 Å². The highest BCUT2D eigenvalue weighted by Crippen LogP contribution is 2.31. The molecule has 0 aliphatic heterocycles. The third-order valence-corrected chi connectivity index (χ3v) is 7.77. The molecular formula is C24H29ClN4O4S. The molecular weight excluding hydrogens is 476 g/mol. The number of aromatic carboxylic acids is 1. The number of thiophene rings is 1. The number of carbonyl (C=O) groups excluding carboxylic acids is 2. The van der Waals surface area contributed by atoms with Crippen molar-refractivity contribution in [1.29, 1.82) is 0 Å². The smallest absolute Gasteiger partial charge is 0.356 e. The summed E-state index contributed by atoms with van der Waals surface area (Å²) in [5, 5.41) is 18.8. The zero-order chi connectivity index (χ0) is 24.2. The van der Waals surface area contributed by atoms with Gasteiger partial charge in [0.2, 0.25) is 5.91 Å². The van der Waals surface area contributed by atoms with Gasteiger partial charge in [-0.1, -0.05) is 37.3 Å². The Bertz CT molecular complexity index is 1060. The van der Waals surface area contributed by atoms with Crippen LogP contribution in [0.1, 0.15) is 82.9 Å². The van der Waals surface area contributed by atoms with E-state index in [0.717, 1.165) is 30.6 Å². The van der Waals surface area contributed by atoms with Crippen molar-refractivity contribution in [2.24, 2.45) is 5.92 Å². The number of carboxylic acid groups (broad SMARTS) is 1. The van der Waals surface area contributed by atoms with Crippen LogP contribution in [-0.4, -0.2) is 40.0 Å². The second kappa shape index (κ2) is 10.7. The van der Waals surface area contributed by atoms with E-state index >= 15 is 0 Å². The fourth-order valence-corrected chi connectivity index (χ4v) is 5.37. The number of carbonyl (C=O) groups is 3. The summed E-state index contributed by atoms with van der Waals surface area (Å²) in [6.07, 6.45) is 8.52. The van der Waals surface area contributed by atoms with E-state index in [1.165, 1.54) is 36.4 Å². The van der Waals surface area contributed by atoms with E-state index in [1.54, 1.807) is 6.07 Å². The minimum absolute atomic E-state index is 0.0933. The van der Waals surface area contributed by atoms with Crippen LogP contribution in [0.3, 0.4) is 0 Å². The Labute approximate surface area is 207 Å². The van der Waals surface area contributed by atoms with E-state index in [9.17, 15) is 19.5 Å². The number of halogens is 1. The first-order chi connectivity index (χ1) is 16.3. The minimum Gasteiger partial charge on any atom is -0.476 e. The first-order valence-corrected chi connectivity index (χ1v) is 12.9.